The Morgan fingerprint density at radius 1 is 1.50 bits per heavy atom. The third-order valence-electron chi connectivity index (χ3n) is 2.39. The minimum absolute atomic E-state index is 0.369. The molecule has 72 valence electrons. The molecule has 1 heterocycles. The van der Waals surface area contributed by atoms with Gasteiger partial charge in [0.15, 0.2) is 11.5 Å². The molecule has 4 nitrogen and oxygen atoms in total. The van der Waals surface area contributed by atoms with Crippen LogP contribution in [0.4, 0.5) is 5.82 Å². The number of nitriles is 1. The van der Waals surface area contributed by atoms with Crippen molar-refractivity contribution < 1.29 is 0 Å². The molecule has 2 rings (SSSR count). The van der Waals surface area contributed by atoms with Crippen LogP contribution in [-0.2, 0) is 0 Å². The summed E-state index contributed by atoms with van der Waals surface area (Å²) in [5.74, 6) is 1.67. The van der Waals surface area contributed by atoms with Gasteiger partial charge in [-0.25, -0.2) is 0 Å². The molecule has 0 amide bonds. The molecule has 1 aliphatic carbocycles. The summed E-state index contributed by atoms with van der Waals surface area (Å²) in [7, 11) is 2.01. The van der Waals surface area contributed by atoms with Crippen molar-refractivity contribution in [2.45, 2.75) is 12.8 Å². The highest BCUT2D eigenvalue weighted by molar-refractivity contribution is 5.38. The van der Waals surface area contributed by atoms with Crippen molar-refractivity contribution >= 4 is 5.82 Å². The van der Waals surface area contributed by atoms with E-state index in [1.165, 1.54) is 12.8 Å². The zero-order valence-electron chi connectivity index (χ0n) is 8.14. The summed E-state index contributed by atoms with van der Waals surface area (Å²) >= 11 is 0. The van der Waals surface area contributed by atoms with E-state index in [9.17, 15) is 0 Å². The lowest BCUT2D eigenvalue weighted by molar-refractivity contribution is 0.767. The fraction of sp³-hybridized carbons (Fsp3) is 0.500. The van der Waals surface area contributed by atoms with E-state index in [1.807, 2.05) is 19.2 Å². The molecule has 0 N–H and O–H groups in total. The van der Waals surface area contributed by atoms with Gasteiger partial charge < -0.3 is 4.90 Å². The van der Waals surface area contributed by atoms with Crippen LogP contribution in [0.5, 0.6) is 0 Å². The summed E-state index contributed by atoms with van der Waals surface area (Å²) < 4.78 is 0. The van der Waals surface area contributed by atoms with Gasteiger partial charge in [-0.15, -0.1) is 10.2 Å². The molecule has 1 aromatic rings. The maximum atomic E-state index is 8.56. The van der Waals surface area contributed by atoms with Gasteiger partial charge in [0.1, 0.15) is 6.07 Å². The zero-order valence-corrected chi connectivity index (χ0v) is 8.14. The van der Waals surface area contributed by atoms with Gasteiger partial charge in [0.05, 0.1) is 0 Å². The van der Waals surface area contributed by atoms with E-state index < -0.39 is 0 Å². The Morgan fingerprint density at radius 2 is 2.29 bits per heavy atom. The zero-order chi connectivity index (χ0) is 9.97. The molecule has 1 aromatic heterocycles. The van der Waals surface area contributed by atoms with Gasteiger partial charge >= 0.3 is 0 Å². The molecule has 1 saturated carbocycles. The molecule has 0 atom stereocenters. The van der Waals surface area contributed by atoms with E-state index in [2.05, 4.69) is 15.1 Å². The number of nitrogens with zero attached hydrogens (tertiary/aromatic N) is 4. The molecule has 0 radical (unpaired) electrons. The summed E-state index contributed by atoms with van der Waals surface area (Å²) in [5, 5.41) is 16.3. The maximum absolute atomic E-state index is 8.56. The standard InChI is InChI=1S/C10H12N4/c1-14(7-8-2-3-8)10-5-4-9(6-11)12-13-10/h4-5,8H,2-3,7H2,1H3. The molecule has 0 aliphatic heterocycles. The van der Waals surface area contributed by atoms with Crippen molar-refractivity contribution in [3.8, 4) is 6.07 Å². The van der Waals surface area contributed by atoms with E-state index in [-0.39, 0.29) is 0 Å². The average Bonchev–Trinajstić information content (AvgIpc) is 3.02. The lowest BCUT2D eigenvalue weighted by Gasteiger charge is -2.16. The van der Waals surface area contributed by atoms with Gasteiger partial charge in [0.25, 0.3) is 0 Å². The molecule has 1 fully saturated rings. The predicted molar refractivity (Wildman–Crippen MR) is 52.7 cm³/mol. The fourth-order valence-electron chi connectivity index (χ4n) is 1.37. The highest BCUT2D eigenvalue weighted by Gasteiger charge is 2.23. The van der Waals surface area contributed by atoms with E-state index in [0.29, 0.717) is 5.69 Å². The first-order chi connectivity index (χ1) is 6.79. The first-order valence-electron chi connectivity index (χ1n) is 4.74. The molecule has 14 heavy (non-hydrogen) atoms. The molecule has 0 bridgehead atoms. The van der Waals surface area contributed by atoms with Crippen LogP contribution >= 0.6 is 0 Å². The SMILES string of the molecule is CN(CC1CC1)c1ccc(C#N)nn1. The van der Waals surface area contributed by atoms with Crippen LogP contribution in [0.3, 0.4) is 0 Å². The minimum atomic E-state index is 0.369. The first kappa shape index (κ1) is 8.95. The van der Waals surface area contributed by atoms with Gasteiger partial charge in [-0.1, -0.05) is 0 Å². The van der Waals surface area contributed by atoms with Crippen molar-refractivity contribution in [3.63, 3.8) is 0 Å². The quantitative estimate of drug-likeness (QED) is 0.715. The molecule has 4 heteroatoms. The second-order valence-electron chi connectivity index (χ2n) is 3.71. The molecule has 0 spiro atoms. The van der Waals surface area contributed by atoms with Crippen LogP contribution in [0.15, 0.2) is 12.1 Å². The summed E-state index contributed by atoms with van der Waals surface area (Å²) in [6.07, 6.45) is 2.65. The van der Waals surface area contributed by atoms with Crippen LogP contribution in [-0.4, -0.2) is 23.8 Å². The Labute approximate surface area is 83.2 Å². The van der Waals surface area contributed by atoms with E-state index in [1.54, 1.807) is 6.07 Å². The summed E-state index contributed by atoms with van der Waals surface area (Å²) in [5.41, 5.74) is 0.369. The molecular formula is C10H12N4. The van der Waals surface area contributed by atoms with E-state index >= 15 is 0 Å². The van der Waals surface area contributed by atoms with Gasteiger partial charge in [-0.3, -0.25) is 0 Å². The number of rotatable bonds is 3. The van der Waals surface area contributed by atoms with Gasteiger partial charge in [0.2, 0.25) is 0 Å². The van der Waals surface area contributed by atoms with E-state index in [0.717, 1.165) is 18.3 Å². The van der Waals surface area contributed by atoms with Crippen molar-refractivity contribution in [1.29, 1.82) is 5.26 Å². The monoisotopic (exact) mass is 188 g/mol. The Bertz CT molecular complexity index is 347. The summed E-state index contributed by atoms with van der Waals surface area (Å²) in [6.45, 7) is 1.04. The van der Waals surface area contributed by atoms with Crippen LogP contribution < -0.4 is 4.90 Å². The minimum Gasteiger partial charge on any atom is -0.358 e. The van der Waals surface area contributed by atoms with Gasteiger partial charge in [-0.05, 0) is 30.9 Å². The normalized spacial score (nSPS) is 14.9. The smallest absolute Gasteiger partial charge is 0.163 e. The Balaban J connectivity index is 2.04. The van der Waals surface area contributed by atoms with Crippen LogP contribution in [0.25, 0.3) is 0 Å². The summed E-state index contributed by atoms with van der Waals surface area (Å²) in [6, 6.07) is 5.50. The predicted octanol–water partition coefficient (Wildman–Crippen LogP) is 1.19. The van der Waals surface area contributed by atoms with Crippen LogP contribution in [0.2, 0.25) is 0 Å². The third-order valence-corrected chi connectivity index (χ3v) is 2.39. The highest BCUT2D eigenvalue weighted by Crippen LogP contribution is 2.30. The topological polar surface area (TPSA) is 52.8 Å². The second-order valence-corrected chi connectivity index (χ2v) is 3.71. The maximum Gasteiger partial charge on any atom is 0.163 e. The molecule has 1 aliphatic rings. The van der Waals surface area contributed by atoms with Crippen molar-refractivity contribution in [2.24, 2.45) is 5.92 Å². The Morgan fingerprint density at radius 3 is 2.79 bits per heavy atom. The number of aromatic nitrogens is 2. The van der Waals surface area contributed by atoms with Crippen LogP contribution in [0, 0.1) is 17.2 Å². The van der Waals surface area contributed by atoms with Crippen molar-refractivity contribution in [3.05, 3.63) is 17.8 Å². The van der Waals surface area contributed by atoms with E-state index in [4.69, 9.17) is 5.26 Å². The Hall–Kier alpha value is -1.63. The van der Waals surface area contributed by atoms with Gasteiger partial charge in [-0.2, -0.15) is 5.26 Å². The van der Waals surface area contributed by atoms with Crippen molar-refractivity contribution in [1.82, 2.24) is 10.2 Å². The largest absolute Gasteiger partial charge is 0.358 e. The van der Waals surface area contributed by atoms with Crippen molar-refractivity contribution in [2.75, 3.05) is 18.5 Å². The Kier molecular flexibility index (Phi) is 2.32. The molecule has 0 unspecified atom stereocenters. The fourth-order valence-corrected chi connectivity index (χ4v) is 1.37. The lowest BCUT2D eigenvalue weighted by Crippen LogP contribution is -2.21. The summed E-state index contributed by atoms with van der Waals surface area (Å²) in [4.78, 5) is 2.09. The lowest BCUT2D eigenvalue weighted by atomic mass is 10.3. The highest BCUT2D eigenvalue weighted by atomic mass is 15.2. The average molecular weight is 188 g/mol. The van der Waals surface area contributed by atoms with Gasteiger partial charge in [0, 0.05) is 13.6 Å². The molecule has 0 saturated heterocycles. The molecule has 0 aromatic carbocycles. The number of hydrogen-bond acceptors (Lipinski definition) is 4. The first-order valence-corrected chi connectivity index (χ1v) is 4.74. The molecular weight excluding hydrogens is 176 g/mol. The second kappa shape index (κ2) is 3.62. The van der Waals surface area contributed by atoms with Crippen LogP contribution in [0.1, 0.15) is 18.5 Å². The number of hydrogen-bond donors (Lipinski definition) is 0. The third kappa shape index (κ3) is 1.99. The number of anilines is 1.